The summed E-state index contributed by atoms with van der Waals surface area (Å²) >= 11 is 0. The van der Waals surface area contributed by atoms with Gasteiger partial charge in [-0.1, -0.05) is 24.3 Å². The SMILES string of the molecule is COc1ccc(C)cc1NC(=O)Nc1cc(NC(=O)c2ccccc2)ccc1N1CCCCC1. The number of carbonyl (C=O) groups is 2. The van der Waals surface area contributed by atoms with E-state index in [1.807, 2.05) is 55.5 Å². The van der Waals surface area contributed by atoms with E-state index in [1.54, 1.807) is 25.3 Å². The molecule has 176 valence electrons. The van der Waals surface area contributed by atoms with E-state index in [9.17, 15) is 9.59 Å². The van der Waals surface area contributed by atoms with Crippen LogP contribution >= 0.6 is 0 Å². The number of benzene rings is 3. The number of urea groups is 1. The van der Waals surface area contributed by atoms with Crippen LogP contribution in [0.5, 0.6) is 5.75 Å². The molecule has 0 unspecified atom stereocenters. The number of carbonyl (C=O) groups excluding carboxylic acids is 2. The van der Waals surface area contributed by atoms with Crippen LogP contribution in [0.3, 0.4) is 0 Å². The number of methoxy groups -OCH3 is 1. The summed E-state index contributed by atoms with van der Waals surface area (Å²) in [5.74, 6) is 0.382. The lowest BCUT2D eigenvalue weighted by molar-refractivity contribution is 0.102. The third-order valence-corrected chi connectivity index (χ3v) is 5.84. The first-order valence-corrected chi connectivity index (χ1v) is 11.5. The molecule has 7 heteroatoms. The maximum absolute atomic E-state index is 13.0. The monoisotopic (exact) mass is 458 g/mol. The molecule has 3 aromatic carbocycles. The van der Waals surface area contributed by atoms with Crippen LogP contribution in [0.2, 0.25) is 0 Å². The molecule has 1 aliphatic heterocycles. The van der Waals surface area contributed by atoms with Crippen molar-refractivity contribution in [1.82, 2.24) is 0 Å². The van der Waals surface area contributed by atoms with Crippen molar-refractivity contribution >= 4 is 34.7 Å². The Morgan fingerprint density at radius 1 is 0.824 bits per heavy atom. The molecule has 0 saturated carbocycles. The highest BCUT2D eigenvalue weighted by Crippen LogP contribution is 2.32. The Labute approximate surface area is 200 Å². The average molecular weight is 459 g/mol. The number of hydrogen-bond donors (Lipinski definition) is 3. The van der Waals surface area contributed by atoms with Crippen LogP contribution in [0.1, 0.15) is 35.2 Å². The van der Waals surface area contributed by atoms with Gasteiger partial charge in [0, 0.05) is 24.3 Å². The van der Waals surface area contributed by atoms with E-state index in [-0.39, 0.29) is 11.9 Å². The van der Waals surface area contributed by atoms with E-state index < -0.39 is 0 Å². The number of rotatable bonds is 6. The topological polar surface area (TPSA) is 82.7 Å². The summed E-state index contributed by atoms with van der Waals surface area (Å²) in [6.45, 7) is 3.81. The van der Waals surface area contributed by atoms with Gasteiger partial charge in [0.05, 0.1) is 24.2 Å². The highest BCUT2D eigenvalue weighted by Gasteiger charge is 2.18. The fourth-order valence-corrected chi connectivity index (χ4v) is 4.11. The maximum Gasteiger partial charge on any atom is 0.323 e. The van der Waals surface area contributed by atoms with E-state index in [4.69, 9.17) is 4.74 Å². The Hall–Kier alpha value is -4.00. The molecule has 3 aromatic rings. The van der Waals surface area contributed by atoms with Crippen molar-refractivity contribution in [3.8, 4) is 5.75 Å². The van der Waals surface area contributed by atoms with Crippen molar-refractivity contribution < 1.29 is 14.3 Å². The molecular weight excluding hydrogens is 428 g/mol. The molecule has 34 heavy (non-hydrogen) atoms. The van der Waals surface area contributed by atoms with Gasteiger partial charge >= 0.3 is 6.03 Å². The van der Waals surface area contributed by atoms with Crippen LogP contribution in [0.15, 0.2) is 66.7 Å². The minimum absolute atomic E-state index is 0.203. The molecule has 4 rings (SSSR count). The van der Waals surface area contributed by atoms with Crippen LogP contribution < -0.4 is 25.6 Å². The van der Waals surface area contributed by atoms with Gasteiger partial charge in [0.2, 0.25) is 0 Å². The molecule has 0 radical (unpaired) electrons. The number of aryl methyl sites for hydroxylation is 1. The largest absolute Gasteiger partial charge is 0.495 e. The second-order valence-electron chi connectivity index (χ2n) is 8.38. The normalized spacial score (nSPS) is 13.2. The lowest BCUT2D eigenvalue weighted by atomic mass is 10.1. The van der Waals surface area contributed by atoms with Crippen LogP contribution in [0.25, 0.3) is 0 Å². The van der Waals surface area contributed by atoms with Gasteiger partial charge in [-0.15, -0.1) is 0 Å². The quantitative estimate of drug-likeness (QED) is 0.430. The van der Waals surface area contributed by atoms with Gasteiger partial charge < -0.3 is 25.6 Å². The van der Waals surface area contributed by atoms with Crippen molar-refractivity contribution in [2.45, 2.75) is 26.2 Å². The summed E-state index contributed by atoms with van der Waals surface area (Å²) in [6.07, 6.45) is 3.43. The smallest absolute Gasteiger partial charge is 0.323 e. The first-order valence-electron chi connectivity index (χ1n) is 11.5. The Balaban J connectivity index is 1.57. The van der Waals surface area contributed by atoms with E-state index in [0.29, 0.717) is 28.4 Å². The van der Waals surface area contributed by atoms with Gasteiger partial charge in [-0.2, -0.15) is 0 Å². The molecular formula is C27H30N4O3. The molecule has 3 N–H and O–H groups in total. The molecule has 3 amide bonds. The average Bonchev–Trinajstić information content (AvgIpc) is 2.85. The van der Waals surface area contributed by atoms with Gasteiger partial charge in [0.15, 0.2) is 0 Å². The highest BCUT2D eigenvalue weighted by molar-refractivity contribution is 6.06. The van der Waals surface area contributed by atoms with Crippen molar-refractivity contribution in [2.24, 2.45) is 0 Å². The van der Waals surface area contributed by atoms with Crippen LogP contribution in [-0.4, -0.2) is 32.1 Å². The predicted octanol–water partition coefficient (Wildman–Crippen LogP) is 5.89. The predicted molar refractivity (Wildman–Crippen MR) is 137 cm³/mol. The molecule has 0 aliphatic carbocycles. The van der Waals surface area contributed by atoms with Crippen LogP contribution in [0, 0.1) is 6.92 Å². The number of piperidine rings is 1. The van der Waals surface area contributed by atoms with Crippen molar-refractivity contribution in [2.75, 3.05) is 41.0 Å². The number of hydrogen-bond acceptors (Lipinski definition) is 4. The summed E-state index contributed by atoms with van der Waals surface area (Å²) in [6, 6.07) is 19.9. The van der Waals surface area contributed by atoms with E-state index in [2.05, 4.69) is 20.9 Å². The van der Waals surface area contributed by atoms with Gasteiger partial charge in [0.25, 0.3) is 5.91 Å². The Kier molecular flexibility index (Phi) is 7.32. The first-order chi connectivity index (χ1) is 16.5. The summed E-state index contributed by atoms with van der Waals surface area (Å²) < 4.78 is 5.38. The summed E-state index contributed by atoms with van der Waals surface area (Å²) in [5, 5.41) is 8.80. The van der Waals surface area contributed by atoms with Crippen LogP contribution in [0.4, 0.5) is 27.5 Å². The van der Waals surface area contributed by atoms with Crippen molar-refractivity contribution in [3.05, 3.63) is 77.9 Å². The molecule has 0 bridgehead atoms. The molecule has 1 aliphatic rings. The number of nitrogens with one attached hydrogen (secondary N) is 3. The van der Waals surface area contributed by atoms with E-state index in [0.717, 1.165) is 37.2 Å². The van der Waals surface area contributed by atoms with E-state index in [1.165, 1.54) is 6.42 Å². The standard InChI is InChI=1S/C27H30N4O3/c1-19-11-14-25(34-2)23(17-19)30-27(33)29-22-18-21(28-26(32)20-9-5-3-6-10-20)12-13-24(22)31-15-7-4-8-16-31/h3,5-6,9-14,17-18H,4,7-8,15-16H2,1-2H3,(H,28,32)(H2,29,30,33). The molecule has 7 nitrogen and oxygen atoms in total. The zero-order valence-electron chi connectivity index (χ0n) is 19.6. The maximum atomic E-state index is 13.0. The summed E-state index contributed by atoms with van der Waals surface area (Å²) in [7, 11) is 1.57. The number of anilines is 4. The Bertz CT molecular complexity index is 1160. The molecule has 1 heterocycles. The minimum Gasteiger partial charge on any atom is -0.495 e. The Morgan fingerprint density at radius 3 is 2.29 bits per heavy atom. The fraction of sp³-hybridized carbons (Fsp3) is 0.259. The molecule has 1 saturated heterocycles. The van der Waals surface area contributed by atoms with E-state index >= 15 is 0 Å². The molecule has 0 spiro atoms. The van der Waals surface area contributed by atoms with Gasteiger partial charge in [-0.05, 0) is 74.2 Å². The minimum atomic E-state index is -0.381. The van der Waals surface area contributed by atoms with Crippen LogP contribution in [-0.2, 0) is 0 Å². The molecule has 0 atom stereocenters. The lowest BCUT2D eigenvalue weighted by Crippen LogP contribution is -2.31. The summed E-state index contributed by atoms with van der Waals surface area (Å²) in [5.41, 5.74) is 4.35. The number of ether oxygens (including phenoxy) is 1. The lowest BCUT2D eigenvalue weighted by Gasteiger charge is -2.31. The Morgan fingerprint density at radius 2 is 1.56 bits per heavy atom. The second-order valence-corrected chi connectivity index (χ2v) is 8.38. The summed E-state index contributed by atoms with van der Waals surface area (Å²) in [4.78, 5) is 27.9. The van der Waals surface area contributed by atoms with Gasteiger partial charge in [-0.25, -0.2) is 4.79 Å². The number of amides is 3. The first kappa shape index (κ1) is 23.2. The fourth-order valence-electron chi connectivity index (χ4n) is 4.11. The third-order valence-electron chi connectivity index (χ3n) is 5.84. The highest BCUT2D eigenvalue weighted by atomic mass is 16.5. The zero-order valence-corrected chi connectivity index (χ0v) is 19.6. The number of nitrogens with zero attached hydrogens (tertiary/aromatic N) is 1. The van der Waals surface area contributed by atoms with Crippen molar-refractivity contribution in [3.63, 3.8) is 0 Å². The van der Waals surface area contributed by atoms with Gasteiger partial charge in [0.1, 0.15) is 5.75 Å². The zero-order chi connectivity index (χ0) is 23.9. The third kappa shape index (κ3) is 5.67. The van der Waals surface area contributed by atoms with Crippen molar-refractivity contribution in [1.29, 1.82) is 0 Å². The molecule has 1 fully saturated rings. The second kappa shape index (κ2) is 10.7. The van der Waals surface area contributed by atoms with Gasteiger partial charge in [-0.3, -0.25) is 4.79 Å². The molecule has 0 aromatic heterocycles.